The molecule has 3 nitrogen and oxygen atoms in total. The number of ether oxygens (including phenoxy) is 1. The average Bonchev–Trinajstić information content (AvgIpc) is 1.57. The Hall–Kier alpha value is -10.5. The lowest BCUT2D eigenvalue weighted by Gasteiger charge is -2.34. The first-order valence-electron chi connectivity index (χ1n) is 32.0. The van der Waals surface area contributed by atoms with Crippen LogP contribution in [-0.4, -0.2) is 11.2 Å². The van der Waals surface area contributed by atoms with Gasteiger partial charge in [0.25, 0.3) is 0 Å². The fourth-order valence-corrected chi connectivity index (χ4v) is 14.1. The molecule has 0 aliphatic heterocycles. The maximum atomic E-state index is 6.44. The SMILES string of the molecule is C=Cc1ccc(-c2ccc3c(c2)c2cc(-c4ccc(N(c5ccc(-c6ccccc6)cc5)c5ccc6c(c5)C(CCCCCCCCOc5cc(C)c(-c7ccc(C=C)cc7)cc5C)(c5ccccc5)c5ccccc5-6)cc4)ccc2n3-c2ccccc2)cc1. The third kappa shape index (κ3) is 11.1. The molecule has 0 bridgehead atoms. The molecule has 0 saturated carbocycles. The van der Waals surface area contributed by atoms with Gasteiger partial charge in [-0.25, -0.2) is 0 Å². The maximum absolute atomic E-state index is 6.44. The number of anilines is 3. The lowest BCUT2D eigenvalue weighted by molar-refractivity contribution is 0.302. The van der Waals surface area contributed by atoms with E-state index in [0.717, 1.165) is 77.5 Å². The summed E-state index contributed by atoms with van der Waals surface area (Å²) in [6.45, 7) is 13.0. The Morgan fingerprint density at radius 3 is 1.47 bits per heavy atom. The second-order valence-corrected chi connectivity index (χ2v) is 24.3. The monoisotopic (exact) mass is 1160 g/mol. The third-order valence-electron chi connectivity index (χ3n) is 18.8. The van der Waals surface area contributed by atoms with Crippen molar-refractivity contribution in [2.45, 2.75) is 64.2 Å². The Kier molecular flexibility index (Phi) is 16.1. The summed E-state index contributed by atoms with van der Waals surface area (Å²) in [5.41, 5.74) is 27.5. The predicted molar refractivity (Wildman–Crippen MR) is 383 cm³/mol. The first-order chi connectivity index (χ1) is 44.3. The fourth-order valence-electron chi connectivity index (χ4n) is 14.1. The Balaban J connectivity index is 0.759. The molecular weight excluding hydrogens is 1090 g/mol. The summed E-state index contributed by atoms with van der Waals surface area (Å²) in [5.74, 6) is 0.989. The summed E-state index contributed by atoms with van der Waals surface area (Å²) in [6, 6.07) is 103. The van der Waals surface area contributed by atoms with Crippen LogP contribution in [0.15, 0.2) is 292 Å². The molecule has 1 atom stereocenters. The second-order valence-electron chi connectivity index (χ2n) is 24.3. The van der Waals surface area contributed by atoms with Crippen molar-refractivity contribution in [1.82, 2.24) is 4.57 Å². The molecule has 438 valence electrons. The van der Waals surface area contributed by atoms with Crippen LogP contribution >= 0.6 is 0 Å². The molecule has 0 spiro atoms. The van der Waals surface area contributed by atoms with Crippen molar-refractivity contribution in [2.24, 2.45) is 0 Å². The average molecular weight is 1160 g/mol. The number of aryl methyl sites for hydroxylation is 2. The van der Waals surface area contributed by atoms with E-state index in [2.05, 4.69) is 316 Å². The number of para-hydroxylation sites is 1. The smallest absolute Gasteiger partial charge is 0.122 e. The van der Waals surface area contributed by atoms with Gasteiger partial charge < -0.3 is 14.2 Å². The normalized spacial score (nSPS) is 13.3. The van der Waals surface area contributed by atoms with Gasteiger partial charge in [0.1, 0.15) is 5.75 Å². The largest absolute Gasteiger partial charge is 0.493 e. The Bertz CT molecular complexity index is 4690. The molecule has 0 N–H and O–H groups in total. The molecule has 1 unspecified atom stereocenters. The van der Waals surface area contributed by atoms with Gasteiger partial charge in [-0.15, -0.1) is 0 Å². The van der Waals surface area contributed by atoms with Gasteiger partial charge in [0.15, 0.2) is 0 Å². The highest BCUT2D eigenvalue weighted by Crippen LogP contribution is 2.56. The van der Waals surface area contributed by atoms with Crippen LogP contribution in [0.1, 0.15) is 83.9 Å². The van der Waals surface area contributed by atoms with Crippen molar-refractivity contribution in [3.05, 3.63) is 331 Å². The van der Waals surface area contributed by atoms with Crippen LogP contribution in [0.4, 0.5) is 17.1 Å². The van der Waals surface area contributed by atoms with E-state index in [1.54, 1.807) is 0 Å². The van der Waals surface area contributed by atoms with Crippen LogP contribution < -0.4 is 9.64 Å². The standard InChI is InChI=1S/C87H74N2O/c1-5-63-32-36-67(37-33-63)70-44-52-84-80(58-70)81-59-71(45-53-85(81)89(84)73-28-18-13-19-29-73)68-42-48-75(49-43-68)88(74-46-40-66(41-47-74)65-24-14-11-15-25-65)76-50-51-78-77-30-20-21-31-82(77)87(83(78)60-76,72-26-16-12-17-27-72)54-22-9-7-8-10-23-55-90-86-57-61(3)79(56-62(86)4)69-38-34-64(6-2)35-39-69/h5-6,11-21,24-53,56-60H,1-2,7-10,22-23,54-55H2,3-4H3. The molecule has 14 rings (SSSR count). The van der Waals surface area contributed by atoms with E-state index < -0.39 is 0 Å². The van der Waals surface area contributed by atoms with Gasteiger partial charge in [-0.3, -0.25) is 0 Å². The van der Waals surface area contributed by atoms with Crippen LogP contribution in [0, 0.1) is 13.8 Å². The summed E-state index contributed by atoms with van der Waals surface area (Å²) in [6.07, 6.45) is 11.7. The van der Waals surface area contributed by atoms with E-state index in [4.69, 9.17) is 4.74 Å². The number of aromatic nitrogens is 1. The summed E-state index contributed by atoms with van der Waals surface area (Å²) in [4.78, 5) is 2.46. The lowest BCUT2D eigenvalue weighted by atomic mass is 9.69. The Morgan fingerprint density at radius 1 is 0.378 bits per heavy atom. The first-order valence-corrected chi connectivity index (χ1v) is 32.0. The number of hydrogen-bond acceptors (Lipinski definition) is 2. The molecule has 1 aliphatic carbocycles. The summed E-state index contributed by atoms with van der Waals surface area (Å²) in [5, 5.41) is 2.44. The van der Waals surface area contributed by atoms with E-state index >= 15 is 0 Å². The van der Waals surface area contributed by atoms with Gasteiger partial charge in [0.2, 0.25) is 0 Å². The van der Waals surface area contributed by atoms with Crippen LogP contribution in [0.3, 0.4) is 0 Å². The van der Waals surface area contributed by atoms with E-state index in [9.17, 15) is 0 Å². The molecule has 0 radical (unpaired) electrons. The lowest BCUT2D eigenvalue weighted by Crippen LogP contribution is -2.27. The predicted octanol–water partition coefficient (Wildman–Crippen LogP) is 23.9. The highest BCUT2D eigenvalue weighted by Gasteiger charge is 2.44. The van der Waals surface area contributed by atoms with E-state index in [1.165, 1.54) is 119 Å². The zero-order chi connectivity index (χ0) is 61.0. The molecule has 13 aromatic rings. The molecule has 0 saturated heterocycles. The third-order valence-corrected chi connectivity index (χ3v) is 18.8. The molecule has 1 aliphatic rings. The number of hydrogen-bond donors (Lipinski definition) is 0. The number of unbranched alkanes of at least 4 members (excludes halogenated alkanes) is 5. The van der Waals surface area contributed by atoms with Crippen molar-refractivity contribution in [1.29, 1.82) is 0 Å². The quantitative estimate of drug-likeness (QED) is 0.0667. The van der Waals surface area contributed by atoms with Crippen molar-refractivity contribution >= 4 is 51.0 Å². The van der Waals surface area contributed by atoms with Gasteiger partial charge in [-0.05, 0) is 206 Å². The zero-order valence-electron chi connectivity index (χ0n) is 51.6. The number of benzene rings is 12. The second kappa shape index (κ2) is 25.3. The number of nitrogens with zero attached hydrogens (tertiary/aromatic N) is 2. The minimum absolute atomic E-state index is 0.330. The molecule has 1 aromatic heterocycles. The molecule has 0 fully saturated rings. The molecule has 90 heavy (non-hydrogen) atoms. The topological polar surface area (TPSA) is 17.4 Å². The van der Waals surface area contributed by atoms with Crippen molar-refractivity contribution < 1.29 is 4.74 Å². The number of fused-ring (bicyclic) bond motifs is 6. The summed E-state index contributed by atoms with van der Waals surface area (Å²) >= 11 is 0. The van der Waals surface area contributed by atoms with Gasteiger partial charge in [0, 0.05) is 38.9 Å². The van der Waals surface area contributed by atoms with E-state index in [1.807, 2.05) is 12.2 Å². The zero-order valence-corrected chi connectivity index (χ0v) is 51.6. The van der Waals surface area contributed by atoms with Gasteiger partial charge in [-0.1, -0.05) is 252 Å². The van der Waals surface area contributed by atoms with Crippen molar-refractivity contribution in [2.75, 3.05) is 11.5 Å². The highest BCUT2D eigenvalue weighted by molar-refractivity contribution is 6.11. The van der Waals surface area contributed by atoms with Gasteiger partial charge in [-0.2, -0.15) is 0 Å². The van der Waals surface area contributed by atoms with Crippen LogP contribution in [0.2, 0.25) is 0 Å². The van der Waals surface area contributed by atoms with Crippen LogP contribution in [0.5, 0.6) is 5.75 Å². The molecule has 0 amide bonds. The molecule has 12 aromatic carbocycles. The molecule has 1 heterocycles. The van der Waals surface area contributed by atoms with Crippen molar-refractivity contribution in [3.8, 4) is 67.1 Å². The highest BCUT2D eigenvalue weighted by atomic mass is 16.5. The Labute approximate surface area is 531 Å². The fraction of sp³-hybridized carbons (Fsp3) is 0.126. The van der Waals surface area contributed by atoms with Gasteiger partial charge >= 0.3 is 0 Å². The van der Waals surface area contributed by atoms with Crippen LogP contribution in [0.25, 0.3) is 95.3 Å². The Morgan fingerprint density at radius 2 is 0.856 bits per heavy atom. The first kappa shape index (κ1) is 57.3. The van der Waals surface area contributed by atoms with Crippen LogP contribution in [-0.2, 0) is 5.41 Å². The molecular formula is C87H74N2O. The van der Waals surface area contributed by atoms with Gasteiger partial charge in [0.05, 0.1) is 17.6 Å². The minimum Gasteiger partial charge on any atom is -0.493 e. The minimum atomic E-state index is -0.330. The summed E-state index contributed by atoms with van der Waals surface area (Å²) in [7, 11) is 0. The van der Waals surface area contributed by atoms with E-state index in [-0.39, 0.29) is 5.41 Å². The van der Waals surface area contributed by atoms with Crippen molar-refractivity contribution in [3.63, 3.8) is 0 Å². The maximum Gasteiger partial charge on any atom is 0.122 e. The van der Waals surface area contributed by atoms with E-state index in [0.29, 0.717) is 0 Å². The summed E-state index contributed by atoms with van der Waals surface area (Å²) < 4.78 is 8.84. The number of rotatable bonds is 21. The molecule has 3 heteroatoms.